The van der Waals surface area contributed by atoms with Crippen molar-refractivity contribution in [1.29, 1.82) is 0 Å². The van der Waals surface area contributed by atoms with Crippen LogP contribution in [0.15, 0.2) is 24.3 Å². The molecule has 0 heterocycles. The van der Waals surface area contributed by atoms with Gasteiger partial charge in [0.15, 0.2) is 0 Å². The second-order valence-electron chi connectivity index (χ2n) is 4.44. The normalized spacial score (nSPS) is 12.7. The van der Waals surface area contributed by atoms with Gasteiger partial charge in [-0.05, 0) is 51.3 Å². The van der Waals surface area contributed by atoms with E-state index in [1.165, 1.54) is 18.2 Å². The van der Waals surface area contributed by atoms with Gasteiger partial charge in [-0.15, -0.1) is 0 Å². The molecule has 1 rings (SSSR count). The van der Waals surface area contributed by atoms with E-state index in [2.05, 4.69) is 5.32 Å². The lowest BCUT2D eigenvalue weighted by Crippen LogP contribution is -2.30. The Morgan fingerprint density at radius 2 is 2.22 bits per heavy atom. The number of nitrogens with zero attached hydrogens (tertiary/aromatic N) is 1. The highest BCUT2D eigenvalue weighted by Crippen LogP contribution is 2.14. The summed E-state index contributed by atoms with van der Waals surface area (Å²) in [6.07, 6.45) is 0.839. The van der Waals surface area contributed by atoms with Crippen molar-refractivity contribution in [3.63, 3.8) is 0 Å². The SMILES string of the molecule is CN(C)CCCNC(C(=O)O)c1cccc(F)c1. The van der Waals surface area contributed by atoms with E-state index in [4.69, 9.17) is 5.11 Å². The third-order valence-electron chi connectivity index (χ3n) is 2.56. The van der Waals surface area contributed by atoms with Gasteiger partial charge in [0.1, 0.15) is 11.9 Å². The number of carboxylic acids is 1. The number of benzene rings is 1. The van der Waals surface area contributed by atoms with Crippen LogP contribution in [0.1, 0.15) is 18.0 Å². The molecule has 0 aliphatic rings. The molecule has 18 heavy (non-hydrogen) atoms. The molecule has 0 radical (unpaired) electrons. The molecule has 1 unspecified atom stereocenters. The van der Waals surface area contributed by atoms with E-state index in [-0.39, 0.29) is 0 Å². The lowest BCUT2D eigenvalue weighted by Gasteiger charge is -2.16. The first-order valence-electron chi connectivity index (χ1n) is 5.87. The van der Waals surface area contributed by atoms with Crippen LogP contribution in [-0.4, -0.2) is 43.2 Å². The first kappa shape index (κ1) is 14.6. The predicted octanol–water partition coefficient (Wildman–Crippen LogP) is 1.49. The molecule has 0 aliphatic carbocycles. The maximum Gasteiger partial charge on any atom is 0.325 e. The summed E-state index contributed by atoms with van der Waals surface area (Å²) in [6, 6.07) is 4.82. The number of nitrogens with one attached hydrogen (secondary N) is 1. The number of hydrogen-bond acceptors (Lipinski definition) is 3. The predicted molar refractivity (Wildman–Crippen MR) is 68.0 cm³/mol. The van der Waals surface area contributed by atoms with Crippen LogP contribution in [0, 0.1) is 5.82 Å². The average molecular weight is 254 g/mol. The van der Waals surface area contributed by atoms with E-state index in [0.29, 0.717) is 12.1 Å². The zero-order valence-electron chi connectivity index (χ0n) is 10.7. The molecule has 0 saturated carbocycles. The summed E-state index contributed by atoms with van der Waals surface area (Å²) in [4.78, 5) is 13.2. The highest BCUT2D eigenvalue weighted by atomic mass is 19.1. The quantitative estimate of drug-likeness (QED) is 0.724. The van der Waals surface area contributed by atoms with Crippen LogP contribution in [0.5, 0.6) is 0 Å². The molecule has 1 atom stereocenters. The van der Waals surface area contributed by atoms with Crippen LogP contribution >= 0.6 is 0 Å². The molecule has 2 N–H and O–H groups in total. The van der Waals surface area contributed by atoms with Gasteiger partial charge >= 0.3 is 5.97 Å². The fourth-order valence-electron chi connectivity index (χ4n) is 1.68. The van der Waals surface area contributed by atoms with Crippen molar-refractivity contribution in [2.75, 3.05) is 27.2 Å². The highest BCUT2D eigenvalue weighted by Gasteiger charge is 2.19. The van der Waals surface area contributed by atoms with Crippen LogP contribution in [0.4, 0.5) is 4.39 Å². The minimum Gasteiger partial charge on any atom is -0.480 e. The number of halogens is 1. The van der Waals surface area contributed by atoms with Gasteiger partial charge in [-0.2, -0.15) is 0 Å². The standard InChI is InChI=1S/C13H19FN2O2/c1-16(2)8-4-7-15-12(13(17)18)10-5-3-6-11(14)9-10/h3,5-6,9,12,15H,4,7-8H2,1-2H3,(H,17,18). The lowest BCUT2D eigenvalue weighted by atomic mass is 10.1. The van der Waals surface area contributed by atoms with Gasteiger partial charge in [-0.1, -0.05) is 12.1 Å². The van der Waals surface area contributed by atoms with Crippen LogP contribution in [0.25, 0.3) is 0 Å². The van der Waals surface area contributed by atoms with Crippen LogP contribution in [-0.2, 0) is 4.79 Å². The van der Waals surface area contributed by atoms with Gasteiger partial charge in [0.05, 0.1) is 0 Å². The van der Waals surface area contributed by atoms with E-state index in [0.717, 1.165) is 13.0 Å². The molecule has 0 fully saturated rings. The average Bonchev–Trinajstić information content (AvgIpc) is 2.27. The largest absolute Gasteiger partial charge is 0.480 e. The molecule has 0 amide bonds. The Balaban J connectivity index is 2.58. The molecule has 5 heteroatoms. The summed E-state index contributed by atoms with van der Waals surface area (Å²) < 4.78 is 13.1. The Morgan fingerprint density at radius 1 is 1.50 bits per heavy atom. The molecular formula is C13H19FN2O2. The topological polar surface area (TPSA) is 52.6 Å². The first-order valence-corrected chi connectivity index (χ1v) is 5.87. The van der Waals surface area contributed by atoms with Gasteiger partial charge in [-0.3, -0.25) is 4.79 Å². The van der Waals surface area contributed by atoms with Gasteiger partial charge in [-0.25, -0.2) is 4.39 Å². The Kier molecular flexibility index (Phi) is 5.74. The van der Waals surface area contributed by atoms with Gasteiger partial charge in [0, 0.05) is 0 Å². The minimum absolute atomic E-state index is 0.422. The fourth-order valence-corrected chi connectivity index (χ4v) is 1.68. The Morgan fingerprint density at radius 3 is 2.78 bits per heavy atom. The van der Waals surface area contributed by atoms with Gasteiger partial charge in [0.2, 0.25) is 0 Å². The summed E-state index contributed by atoms with van der Waals surface area (Å²) in [6.45, 7) is 1.45. The van der Waals surface area contributed by atoms with Crippen molar-refractivity contribution in [2.45, 2.75) is 12.5 Å². The van der Waals surface area contributed by atoms with E-state index >= 15 is 0 Å². The van der Waals surface area contributed by atoms with Crippen molar-refractivity contribution >= 4 is 5.97 Å². The maximum absolute atomic E-state index is 13.1. The first-order chi connectivity index (χ1) is 8.50. The van der Waals surface area contributed by atoms with E-state index < -0.39 is 17.8 Å². The molecular weight excluding hydrogens is 235 g/mol. The molecule has 0 spiro atoms. The van der Waals surface area contributed by atoms with Crippen molar-refractivity contribution in [1.82, 2.24) is 10.2 Å². The number of carbonyl (C=O) groups is 1. The number of carboxylic acid groups (broad SMARTS) is 1. The van der Waals surface area contributed by atoms with E-state index in [9.17, 15) is 9.18 Å². The molecule has 0 aliphatic heterocycles. The van der Waals surface area contributed by atoms with Crippen LogP contribution in [0.3, 0.4) is 0 Å². The molecule has 1 aromatic rings. The fraction of sp³-hybridized carbons (Fsp3) is 0.462. The summed E-state index contributed by atoms with van der Waals surface area (Å²) >= 11 is 0. The van der Waals surface area contributed by atoms with Gasteiger partial charge in [0.25, 0.3) is 0 Å². The lowest BCUT2D eigenvalue weighted by molar-refractivity contribution is -0.139. The summed E-state index contributed by atoms with van der Waals surface area (Å²) in [7, 11) is 3.92. The number of aliphatic carboxylic acids is 1. The molecule has 100 valence electrons. The summed E-state index contributed by atoms with van der Waals surface area (Å²) in [5, 5.41) is 12.1. The highest BCUT2D eigenvalue weighted by molar-refractivity contribution is 5.75. The zero-order chi connectivity index (χ0) is 13.5. The monoisotopic (exact) mass is 254 g/mol. The van der Waals surface area contributed by atoms with E-state index in [1.807, 2.05) is 19.0 Å². The van der Waals surface area contributed by atoms with Crippen LogP contribution < -0.4 is 5.32 Å². The van der Waals surface area contributed by atoms with Crippen molar-refractivity contribution < 1.29 is 14.3 Å². The molecule has 0 bridgehead atoms. The Hall–Kier alpha value is -1.46. The summed E-state index contributed by atoms with van der Waals surface area (Å²) in [5.74, 6) is -1.42. The smallest absolute Gasteiger partial charge is 0.325 e. The summed E-state index contributed by atoms with van der Waals surface area (Å²) in [5.41, 5.74) is 0.437. The molecule has 0 saturated heterocycles. The zero-order valence-corrected chi connectivity index (χ0v) is 10.7. The third-order valence-corrected chi connectivity index (χ3v) is 2.56. The Bertz CT molecular complexity index is 396. The Labute approximate surface area is 106 Å². The van der Waals surface area contributed by atoms with Crippen molar-refractivity contribution in [3.8, 4) is 0 Å². The molecule has 4 nitrogen and oxygen atoms in total. The molecule has 1 aromatic carbocycles. The third kappa shape index (κ3) is 4.81. The number of hydrogen-bond donors (Lipinski definition) is 2. The van der Waals surface area contributed by atoms with E-state index in [1.54, 1.807) is 6.07 Å². The second kappa shape index (κ2) is 7.08. The number of rotatable bonds is 7. The maximum atomic E-state index is 13.1. The van der Waals surface area contributed by atoms with Crippen molar-refractivity contribution in [2.24, 2.45) is 0 Å². The van der Waals surface area contributed by atoms with Crippen LogP contribution in [0.2, 0.25) is 0 Å². The van der Waals surface area contributed by atoms with Gasteiger partial charge < -0.3 is 15.3 Å². The molecule has 0 aromatic heterocycles. The van der Waals surface area contributed by atoms with Crippen molar-refractivity contribution in [3.05, 3.63) is 35.6 Å². The minimum atomic E-state index is -0.995. The second-order valence-corrected chi connectivity index (χ2v) is 4.44.